The molecule has 0 radical (unpaired) electrons. The fourth-order valence-corrected chi connectivity index (χ4v) is 3.61. The molecule has 0 fully saturated rings. The van der Waals surface area contributed by atoms with Crippen LogP contribution in [0.15, 0.2) is 35.2 Å². The van der Waals surface area contributed by atoms with Crippen molar-refractivity contribution in [3.05, 3.63) is 51.6 Å². The predicted molar refractivity (Wildman–Crippen MR) is 115 cm³/mol. The van der Waals surface area contributed by atoms with E-state index in [1.54, 1.807) is 19.1 Å². The number of nitrogens with two attached hydrogens (primary N) is 1. The summed E-state index contributed by atoms with van der Waals surface area (Å²) < 4.78 is 15.9. The summed E-state index contributed by atoms with van der Waals surface area (Å²) in [6.45, 7) is 1.79. The standard InChI is InChI=1S/C20H23N3O7S/c1-11(13-8-15(28-2)19(30-4)16(9-13)29-3)22-18(24)10-31-17-6-5-12(20(21)25)7-14(17)23(26)27/h5-9,11H,10H2,1-4H3,(H2,21,25)(H,22,24). The zero-order valence-electron chi connectivity index (χ0n) is 17.5. The number of nitro benzene ring substituents is 1. The summed E-state index contributed by atoms with van der Waals surface area (Å²) in [6.07, 6.45) is 0. The first-order valence-electron chi connectivity index (χ1n) is 9.02. The van der Waals surface area contributed by atoms with Crippen LogP contribution in [0.5, 0.6) is 17.2 Å². The Kier molecular flexibility index (Phi) is 8.08. The van der Waals surface area contributed by atoms with E-state index in [0.29, 0.717) is 17.2 Å². The molecule has 11 heteroatoms. The van der Waals surface area contributed by atoms with Crippen molar-refractivity contribution in [3.63, 3.8) is 0 Å². The SMILES string of the molecule is COc1cc(C(C)NC(=O)CSc2ccc(C(N)=O)cc2[N+](=O)[O-])cc(OC)c1OC. The summed E-state index contributed by atoms with van der Waals surface area (Å²) in [7, 11) is 4.49. The Balaban J connectivity index is 2.12. The number of rotatable bonds is 10. The number of hydrogen-bond donors (Lipinski definition) is 2. The molecule has 0 aliphatic carbocycles. The lowest BCUT2D eigenvalue weighted by molar-refractivity contribution is -0.387. The number of amides is 2. The second kappa shape index (κ2) is 10.5. The van der Waals surface area contributed by atoms with Crippen molar-refractivity contribution in [3.8, 4) is 17.2 Å². The number of nitrogens with zero attached hydrogens (tertiary/aromatic N) is 1. The number of thioether (sulfide) groups is 1. The summed E-state index contributed by atoms with van der Waals surface area (Å²) >= 11 is 0.987. The highest BCUT2D eigenvalue weighted by Gasteiger charge is 2.20. The van der Waals surface area contributed by atoms with E-state index in [2.05, 4.69) is 5.32 Å². The highest BCUT2D eigenvalue weighted by Crippen LogP contribution is 2.39. The Hall–Kier alpha value is -3.47. The van der Waals surface area contributed by atoms with Crippen LogP contribution in [0.3, 0.4) is 0 Å². The average Bonchev–Trinajstić information content (AvgIpc) is 2.75. The van der Waals surface area contributed by atoms with Crippen molar-refractivity contribution in [2.24, 2.45) is 5.73 Å². The minimum Gasteiger partial charge on any atom is -0.493 e. The second-order valence-electron chi connectivity index (χ2n) is 6.34. The van der Waals surface area contributed by atoms with Gasteiger partial charge in [0, 0.05) is 11.6 Å². The van der Waals surface area contributed by atoms with Gasteiger partial charge in [0.05, 0.1) is 42.9 Å². The van der Waals surface area contributed by atoms with Crippen LogP contribution >= 0.6 is 11.8 Å². The largest absolute Gasteiger partial charge is 0.493 e. The van der Waals surface area contributed by atoms with Crippen molar-refractivity contribution in [2.75, 3.05) is 27.1 Å². The van der Waals surface area contributed by atoms with Crippen molar-refractivity contribution < 1.29 is 28.7 Å². The average molecular weight is 449 g/mol. The van der Waals surface area contributed by atoms with E-state index in [0.717, 1.165) is 23.4 Å². The monoisotopic (exact) mass is 449 g/mol. The Morgan fingerprint density at radius 3 is 2.23 bits per heavy atom. The van der Waals surface area contributed by atoms with Gasteiger partial charge in [0.15, 0.2) is 11.5 Å². The molecule has 10 nitrogen and oxygen atoms in total. The van der Waals surface area contributed by atoms with Crippen LogP contribution < -0.4 is 25.3 Å². The van der Waals surface area contributed by atoms with Crippen LogP contribution in [0.4, 0.5) is 5.69 Å². The first-order valence-corrected chi connectivity index (χ1v) is 10.0. The molecule has 1 unspecified atom stereocenters. The van der Waals surface area contributed by atoms with Gasteiger partial charge in [-0.3, -0.25) is 19.7 Å². The normalized spacial score (nSPS) is 11.4. The summed E-state index contributed by atoms with van der Waals surface area (Å²) in [4.78, 5) is 34.6. The van der Waals surface area contributed by atoms with E-state index in [-0.39, 0.29) is 27.8 Å². The molecular formula is C20H23N3O7S. The molecule has 0 saturated carbocycles. The molecule has 1 atom stereocenters. The molecule has 3 N–H and O–H groups in total. The number of ether oxygens (including phenoxy) is 3. The maximum Gasteiger partial charge on any atom is 0.283 e. The lowest BCUT2D eigenvalue weighted by Crippen LogP contribution is -2.28. The number of carbonyl (C=O) groups is 2. The molecule has 2 aromatic rings. The van der Waals surface area contributed by atoms with E-state index in [4.69, 9.17) is 19.9 Å². The van der Waals surface area contributed by atoms with Gasteiger partial charge in [0.25, 0.3) is 5.69 Å². The van der Waals surface area contributed by atoms with E-state index in [1.807, 2.05) is 0 Å². The number of nitro groups is 1. The third-order valence-electron chi connectivity index (χ3n) is 4.36. The summed E-state index contributed by atoms with van der Waals surface area (Å²) in [5.74, 6) is 0.187. The molecule has 0 bridgehead atoms. The molecule has 166 valence electrons. The molecule has 31 heavy (non-hydrogen) atoms. The molecule has 0 aromatic heterocycles. The minimum absolute atomic E-state index is 0.0246. The van der Waals surface area contributed by atoms with Crippen molar-refractivity contribution in [1.29, 1.82) is 0 Å². The second-order valence-corrected chi connectivity index (χ2v) is 7.36. The Morgan fingerprint density at radius 2 is 1.74 bits per heavy atom. The van der Waals surface area contributed by atoms with Crippen molar-refractivity contribution >= 4 is 29.3 Å². The topological polar surface area (TPSA) is 143 Å². The van der Waals surface area contributed by atoms with Crippen LogP contribution in [0.25, 0.3) is 0 Å². The van der Waals surface area contributed by atoms with Gasteiger partial charge in [0.1, 0.15) is 0 Å². The first-order chi connectivity index (χ1) is 14.7. The van der Waals surface area contributed by atoms with Gasteiger partial charge in [-0.1, -0.05) is 0 Å². The highest BCUT2D eigenvalue weighted by molar-refractivity contribution is 8.00. The zero-order valence-corrected chi connectivity index (χ0v) is 18.3. The molecule has 2 amide bonds. The van der Waals surface area contributed by atoms with Gasteiger partial charge in [-0.2, -0.15) is 0 Å². The predicted octanol–water partition coefficient (Wildman–Crippen LogP) is 2.69. The summed E-state index contributed by atoms with van der Waals surface area (Å²) in [5.41, 5.74) is 5.63. The molecular weight excluding hydrogens is 426 g/mol. The maximum absolute atomic E-state index is 12.4. The van der Waals surface area contributed by atoms with Gasteiger partial charge >= 0.3 is 0 Å². The third-order valence-corrected chi connectivity index (χ3v) is 5.43. The molecule has 0 aliphatic heterocycles. The number of hydrogen-bond acceptors (Lipinski definition) is 8. The fourth-order valence-electron chi connectivity index (χ4n) is 2.80. The van der Waals surface area contributed by atoms with Crippen LogP contribution in [0.2, 0.25) is 0 Å². The first kappa shape index (κ1) is 23.8. The van der Waals surface area contributed by atoms with E-state index in [9.17, 15) is 19.7 Å². The fraction of sp³-hybridized carbons (Fsp3) is 0.300. The Labute approximate surface area is 183 Å². The van der Waals surface area contributed by atoms with E-state index >= 15 is 0 Å². The van der Waals surface area contributed by atoms with Crippen LogP contribution in [0, 0.1) is 10.1 Å². The van der Waals surface area contributed by atoms with Gasteiger partial charge in [-0.25, -0.2) is 0 Å². The van der Waals surface area contributed by atoms with E-state index in [1.165, 1.54) is 33.5 Å². The van der Waals surface area contributed by atoms with Gasteiger partial charge in [-0.05, 0) is 36.8 Å². The van der Waals surface area contributed by atoms with E-state index < -0.39 is 16.9 Å². The number of nitrogens with one attached hydrogen (secondary N) is 1. The Morgan fingerprint density at radius 1 is 1.13 bits per heavy atom. The number of methoxy groups -OCH3 is 3. The molecule has 0 heterocycles. The lowest BCUT2D eigenvalue weighted by Gasteiger charge is -2.18. The number of benzene rings is 2. The number of carbonyl (C=O) groups excluding carboxylic acids is 2. The maximum atomic E-state index is 12.4. The van der Waals surface area contributed by atoms with Gasteiger partial charge in [0.2, 0.25) is 17.6 Å². The highest BCUT2D eigenvalue weighted by atomic mass is 32.2. The van der Waals surface area contributed by atoms with Crippen molar-refractivity contribution in [2.45, 2.75) is 17.9 Å². The number of primary amides is 1. The van der Waals surface area contributed by atoms with Crippen LogP contribution in [-0.2, 0) is 4.79 Å². The molecule has 2 rings (SSSR count). The third kappa shape index (κ3) is 5.79. The summed E-state index contributed by atoms with van der Waals surface area (Å²) in [6, 6.07) is 6.95. The Bertz CT molecular complexity index is 972. The molecule has 0 saturated heterocycles. The van der Waals surface area contributed by atoms with Crippen LogP contribution in [0.1, 0.15) is 28.9 Å². The van der Waals surface area contributed by atoms with Crippen LogP contribution in [-0.4, -0.2) is 43.8 Å². The summed E-state index contributed by atoms with van der Waals surface area (Å²) in [5, 5.41) is 14.1. The minimum atomic E-state index is -0.767. The van der Waals surface area contributed by atoms with Crippen molar-refractivity contribution in [1.82, 2.24) is 5.32 Å². The molecule has 2 aromatic carbocycles. The smallest absolute Gasteiger partial charge is 0.283 e. The zero-order chi connectivity index (χ0) is 23.1. The molecule has 0 spiro atoms. The van der Waals surface area contributed by atoms with Gasteiger partial charge in [-0.15, -0.1) is 11.8 Å². The van der Waals surface area contributed by atoms with Gasteiger partial charge < -0.3 is 25.3 Å². The molecule has 0 aliphatic rings. The lowest BCUT2D eigenvalue weighted by atomic mass is 10.1. The quantitative estimate of drug-likeness (QED) is 0.320.